The number of nitro benzene ring substituents is 1. The molecular weight excluding hydrogens is 446 g/mol. The van der Waals surface area contributed by atoms with E-state index in [0.717, 1.165) is 10.9 Å². The third kappa shape index (κ3) is 4.85. The molecule has 4 rings (SSSR count). The number of benzene rings is 2. The van der Waals surface area contributed by atoms with E-state index in [2.05, 4.69) is 10.3 Å². The molecule has 0 radical (unpaired) electrons. The molecule has 0 saturated carbocycles. The predicted molar refractivity (Wildman–Crippen MR) is 123 cm³/mol. The molecule has 1 aliphatic heterocycles. The van der Waals surface area contributed by atoms with Crippen molar-refractivity contribution >= 4 is 38.2 Å². The fourth-order valence-electron chi connectivity index (χ4n) is 3.85. The lowest BCUT2D eigenvalue weighted by molar-refractivity contribution is -0.383. The van der Waals surface area contributed by atoms with Crippen LogP contribution >= 0.6 is 0 Å². The summed E-state index contributed by atoms with van der Waals surface area (Å²) >= 11 is 0. The second kappa shape index (κ2) is 9.22. The highest BCUT2D eigenvalue weighted by molar-refractivity contribution is 7.89. The summed E-state index contributed by atoms with van der Waals surface area (Å²) < 4.78 is 28.0. The molecule has 0 bridgehead atoms. The Morgan fingerprint density at radius 3 is 2.58 bits per heavy atom. The van der Waals surface area contributed by atoms with Crippen molar-refractivity contribution in [2.45, 2.75) is 11.8 Å². The molecule has 1 aliphatic rings. The van der Waals surface area contributed by atoms with Crippen molar-refractivity contribution in [3.8, 4) is 0 Å². The van der Waals surface area contributed by atoms with Gasteiger partial charge in [0.2, 0.25) is 15.9 Å². The topological polar surface area (TPSA) is 126 Å². The quantitative estimate of drug-likeness (QED) is 0.434. The number of carbonyl (C=O) groups excluding carboxylic acids is 1. The zero-order chi connectivity index (χ0) is 23.6. The number of fused-ring (bicyclic) bond motifs is 1. The molecular formula is C22H23N5O5S. The van der Waals surface area contributed by atoms with Gasteiger partial charge in [0.05, 0.1) is 17.0 Å². The van der Waals surface area contributed by atoms with E-state index in [9.17, 15) is 23.3 Å². The largest absolute Gasteiger partial charge is 0.319 e. The molecule has 1 amide bonds. The molecule has 2 heterocycles. The van der Waals surface area contributed by atoms with Crippen molar-refractivity contribution in [2.75, 3.05) is 38.0 Å². The molecule has 172 valence electrons. The third-order valence-corrected chi connectivity index (χ3v) is 7.43. The number of nitrogens with zero attached hydrogens (tertiary/aromatic N) is 4. The van der Waals surface area contributed by atoms with Crippen LogP contribution in [0.1, 0.15) is 5.56 Å². The number of nitro groups is 1. The van der Waals surface area contributed by atoms with E-state index in [1.807, 2.05) is 24.0 Å². The van der Waals surface area contributed by atoms with Gasteiger partial charge in [-0.05, 0) is 30.7 Å². The number of sulfonamides is 1. The molecule has 1 N–H and O–H groups in total. The molecule has 0 aliphatic carbocycles. The lowest BCUT2D eigenvalue weighted by atomic mass is 10.2. The number of hydrogen-bond acceptors (Lipinski definition) is 7. The summed E-state index contributed by atoms with van der Waals surface area (Å²) in [5.74, 6) is -0.394. The maximum Gasteiger partial charge on any atom is 0.292 e. The summed E-state index contributed by atoms with van der Waals surface area (Å²) in [5.41, 5.74) is 1.34. The number of rotatable bonds is 6. The third-order valence-electron chi connectivity index (χ3n) is 5.50. The summed E-state index contributed by atoms with van der Waals surface area (Å²) in [6, 6.07) is 12.9. The SMILES string of the molecule is Cc1cnc2c(S(=O)(=O)N3CCN(CC(=O)Nc4ccccc4[N+](=O)[O-])CC3)cccc2c1. The Balaban J connectivity index is 1.41. The van der Waals surface area contributed by atoms with Crippen LogP contribution in [0.25, 0.3) is 10.9 Å². The average molecular weight is 470 g/mol. The Kier molecular flexibility index (Phi) is 6.36. The van der Waals surface area contributed by atoms with Gasteiger partial charge in [0.15, 0.2) is 0 Å². The standard InChI is InChI=1S/C22H23N5O5S/c1-16-13-17-5-4-8-20(22(17)23-14-16)33(31,32)26-11-9-25(10-12-26)15-21(28)24-18-6-2-3-7-19(18)27(29)30/h2-8,13-14H,9-12,15H2,1H3,(H,24,28). The summed E-state index contributed by atoms with van der Waals surface area (Å²) in [5, 5.41) is 14.4. The molecule has 0 unspecified atom stereocenters. The van der Waals surface area contributed by atoms with Crippen LogP contribution in [0.15, 0.2) is 59.6 Å². The van der Waals surface area contributed by atoms with E-state index in [0.29, 0.717) is 18.6 Å². The lowest BCUT2D eigenvalue weighted by Gasteiger charge is -2.33. The van der Waals surface area contributed by atoms with Gasteiger partial charge in [-0.1, -0.05) is 24.3 Å². The molecule has 3 aromatic rings. The number of aromatic nitrogens is 1. The first kappa shape index (κ1) is 22.8. The number of carbonyl (C=O) groups is 1. The van der Waals surface area contributed by atoms with Crippen LogP contribution in [0.2, 0.25) is 0 Å². The van der Waals surface area contributed by atoms with Crippen LogP contribution in [0, 0.1) is 17.0 Å². The number of piperazine rings is 1. The van der Waals surface area contributed by atoms with E-state index in [1.165, 1.54) is 22.5 Å². The molecule has 11 heteroatoms. The molecule has 10 nitrogen and oxygen atoms in total. The van der Waals surface area contributed by atoms with Gasteiger partial charge in [0, 0.05) is 43.8 Å². The molecule has 1 fully saturated rings. The van der Waals surface area contributed by atoms with Gasteiger partial charge in [0.25, 0.3) is 5.69 Å². The van der Waals surface area contributed by atoms with Crippen LogP contribution in [-0.4, -0.2) is 66.2 Å². The van der Waals surface area contributed by atoms with Crippen LogP contribution in [-0.2, 0) is 14.8 Å². The number of pyridine rings is 1. The Morgan fingerprint density at radius 2 is 1.85 bits per heavy atom. The first-order chi connectivity index (χ1) is 15.8. The molecule has 0 atom stereocenters. The van der Waals surface area contributed by atoms with Crippen LogP contribution < -0.4 is 5.32 Å². The summed E-state index contributed by atoms with van der Waals surface area (Å²) in [6.45, 7) is 3.09. The van der Waals surface area contributed by atoms with E-state index in [1.54, 1.807) is 24.4 Å². The van der Waals surface area contributed by atoms with E-state index in [-0.39, 0.29) is 35.9 Å². The minimum atomic E-state index is -3.75. The van der Waals surface area contributed by atoms with Crippen LogP contribution in [0.3, 0.4) is 0 Å². The van der Waals surface area contributed by atoms with Crippen molar-refractivity contribution in [1.29, 1.82) is 0 Å². The second-order valence-electron chi connectivity index (χ2n) is 7.84. The number of amides is 1. The van der Waals surface area contributed by atoms with Crippen molar-refractivity contribution in [3.05, 3.63) is 70.4 Å². The van der Waals surface area contributed by atoms with Gasteiger partial charge < -0.3 is 5.32 Å². The van der Waals surface area contributed by atoms with E-state index < -0.39 is 20.9 Å². The Morgan fingerprint density at radius 1 is 1.12 bits per heavy atom. The fourth-order valence-corrected chi connectivity index (χ4v) is 5.44. The molecule has 0 spiro atoms. The highest BCUT2D eigenvalue weighted by atomic mass is 32.2. The second-order valence-corrected chi connectivity index (χ2v) is 9.75. The first-order valence-corrected chi connectivity index (χ1v) is 11.8. The average Bonchev–Trinajstić information content (AvgIpc) is 2.79. The Bertz CT molecular complexity index is 1320. The van der Waals surface area contributed by atoms with Crippen molar-refractivity contribution in [2.24, 2.45) is 0 Å². The summed E-state index contributed by atoms with van der Waals surface area (Å²) in [7, 11) is -3.75. The smallest absolute Gasteiger partial charge is 0.292 e. The van der Waals surface area contributed by atoms with Gasteiger partial charge in [-0.2, -0.15) is 4.31 Å². The number of aryl methyl sites for hydroxylation is 1. The van der Waals surface area contributed by atoms with Crippen LogP contribution in [0.5, 0.6) is 0 Å². The van der Waals surface area contributed by atoms with Crippen LogP contribution in [0.4, 0.5) is 11.4 Å². The Hall–Kier alpha value is -3.41. The summed E-state index contributed by atoms with van der Waals surface area (Å²) in [4.78, 5) is 29.3. The van der Waals surface area contributed by atoms with Crippen molar-refractivity contribution < 1.29 is 18.1 Å². The highest BCUT2D eigenvalue weighted by Crippen LogP contribution is 2.26. The van der Waals surface area contributed by atoms with Gasteiger partial charge in [-0.3, -0.25) is 24.8 Å². The maximum absolute atomic E-state index is 13.3. The minimum Gasteiger partial charge on any atom is -0.319 e. The van der Waals surface area contributed by atoms with Gasteiger partial charge in [-0.15, -0.1) is 0 Å². The number of para-hydroxylation sites is 3. The van der Waals surface area contributed by atoms with Gasteiger partial charge >= 0.3 is 0 Å². The van der Waals surface area contributed by atoms with E-state index in [4.69, 9.17) is 0 Å². The zero-order valence-corrected chi connectivity index (χ0v) is 18.8. The number of hydrogen-bond donors (Lipinski definition) is 1. The minimum absolute atomic E-state index is 0.00896. The van der Waals surface area contributed by atoms with Crippen molar-refractivity contribution in [3.63, 3.8) is 0 Å². The van der Waals surface area contributed by atoms with Crippen molar-refractivity contribution in [1.82, 2.24) is 14.2 Å². The number of anilines is 1. The van der Waals surface area contributed by atoms with Gasteiger partial charge in [-0.25, -0.2) is 8.42 Å². The zero-order valence-electron chi connectivity index (χ0n) is 18.0. The Labute approximate surface area is 191 Å². The predicted octanol–water partition coefficient (Wildman–Crippen LogP) is 2.40. The van der Waals surface area contributed by atoms with Gasteiger partial charge in [0.1, 0.15) is 10.6 Å². The molecule has 2 aromatic carbocycles. The first-order valence-electron chi connectivity index (χ1n) is 10.4. The fraction of sp³-hybridized carbons (Fsp3) is 0.273. The van der Waals surface area contributed by atoms with E-state index >= 15 is 0 Å². The highest BCUT2D eigenvalue weighted by Gasteiger charge is 2.31. The molecule has 1 aromatic heterocycles. The molecule has 1 saturated heterocycles. The molecule has 33 heavy (non-hydrogen) atoms. The lowest BCUT2D eigenvalue weighted by Crippen LogP contribution is -2.50. The maximum atomic E-state index is 13.3. The monoisotopic (exact) mass is 469 g/mol. The summed E-state index contributed by atoms with van der Waals surface area (Å²) in [6.07, 6.45) is 1.65. The number of nitrogens with one attached hydrogen (secondary N) is 1. The normalized spacial score (nSPS) is 15.4.